The second kappa shape index (κ2) is 5.55. The predicted molar refractivity (Wildman–Crippen MR) is 80.8 cm³/mol. The number of amides is 1. The summed E-state index contributed by atoms with van der Waals surface area (Å²) in [6.45, 7) is 3.95. The molecule has 1 amide bonds. The van der Waals surface area contributed by atoms with E-state index in [9.17, 15) is 4.79 Å². The van der Waals surface area contributed by atoms with Crippen LogP contribution in [0.4, 0.5) is 5.69 Å². The third-order valence-corrected chi connectivity index (χ3v) is 5.12. The SMILES string of the molecule is CC(C)C(Br)C(=O)Nc1c(Cl)ccc2scnc12. The molecule has 0 saturated heterocycles. The Morgan fingerprint density at radius 2 is 2.22 bits per heavy atom. The average molecular weight is 348 g/mol. The van der Waals surface area contributed by atoms with E-state index in [-0.39, 0.29) is 16.7 Å². The first kappa shape index (κ1) is 13.8. The van der Waals surface area contributed by atoms with Gasteiger partial charge in [0.25, 0.3) is 0 Å². The normalized spacial score (nSPS) is 12.9. The van der Waals surface area contributed by atoms with Crippen molar-refractivity contribution in [3.63, 3.8) is 0 Å². The molecule has 2 rings (SSSR count). The lowest BCUT2D eigenvalue weighted by atomic mass is 10.1. The average Bonchev–Trinajstić information content (AvgIpc) is 2.79. The number of halogens is 2. The molecule has 0 aliphatic rings. The fraction of sp³-hybridized carbons (Fsp3) is 0.333. The number of alkyl halides is 1. The van der Waals surface area contributed by atoms with E-state index >= 15 is 0 Å². The van der Waals surface area contributed by atoms with Crippen molar-refractivity contribution in [2.24, 2.45) is 5.92 Å². The summed E-state index contributed by atoms with van der Waals surface area (Å²) in [5.41, 5.74) is 3.07. The van der Waals surface area contributed by atoms with Gasteiger partial charge in [-0.25, -0.2) is 4.98 Å². The van der Waals surface area contributed by atoms with Gasteiger partial charge in [0.2, 0.25) is 5.91 Å². The number of rotatable bonds is 3. The van der Waals surface area contributed by atoms with Gasteiger partial charge in [-0.1, -0.05) is 41.4 Å². The number of thiazole rings is 1. The molecule has 1 heterocycles. The number of fused-ring (bicyclic) bond motifs is 1. The Kier molecular flexibility index (Phi) is 4.25. The molecule has 0 radical (unpaired) electrons. The van der Waals surface area contributed by atoms with Gasteiger partial charge in [0, 0.05) is 0 Å². The van der Waals surface area contributed by atoms with E-state index < -0.39 is 0 Å². The highest BCUT2D eigenvalue weighted by molar-refractivity contribution is 9.10. The quantitative estimate of drug-likeness (QED) is 0.841. The molecule has 0 bridgehead atoms. The van der Waals surface area contributed by atoms with Crippen molar-refractivity contribution in [3.8, 4) is 0 Å². The molecule has 0 aliphatic carbocycles. The van der Waals surface area contributed by atoms with Crippen LogP contribution in [-0.2, 0) is 4.79 Å². The van der Waals surface area contributed by atoms with Gasteiger partial charge < -0.3 is 5.32 Å². The largest absolute Gasteiger partial charge is 0.322 e. The number of carbonyl (C=O) groups is 1. The zero-order valence-electron chi connectivity index (χ0n) is 9.91. The topological polar surface area (TPSA) is 42.0 Å². The summed E-state index contributed by atoms with van der Waals surface area (Å²) in [5, 5.41) is 3.35. The Bertz CT molecular complexity index is 584. The molecule has 1 N–H and O–H groups in total. The van der Waals surface area contributed by atoms with E-state index in [4.69, 9.17) is 11.6 Å². The number of benzene rings is 1. The van der Waals surface area contributed by atoms with Gasteiger partial charge in [0.15, 0.2) is 0 Å². The molecule has 1 aromatic heterocycles. The first-order valence-electron chi connectivity index (χ1n) is 5.47. The first-order chi connectivity index (χ1) is 8.50. The van der Waals surface area contributed by atoms with Gasteiger partial charge >= 0.3 is 0 Å². The molecule has 1 atom stereocenters. The zero-order chi connectivity index (χ0) is 13.3. The van der Waals surface area contributed by atoms with E-state index in [1.165, 1.54) is 11.3 Å². The minimum absolute atomic E-state index is 0.104. The van der Waals surface area contributed by atoms with Gasteiger partial charge in [0.05, 0.1) is 25.7 Å². The summed E-state index contributed by atoms with van der Waals surface area (Å²) in [6, 6.07) is 3.68. The molecule has 0 saturated carbocycles. The van der Waals surface area contributed by atoms with Crippen molar-refractivity contribution in [3.05, 3.63) is 22.7 Å². The number of nitrogens with one attached hydrogen (secondary N) is 1. The zero-order valence-corrected chi connectivity index (χ0v) is 13.1. The molecule has 3 nitrogen and oxygen atoms in total. The minimum atomic E-state index is -0.248. The Hall–Kier alpha value is -0.650. The van der Waals surface area contributed by atoms with Crippen LogP contribution in [0.5, 0.6) is 0 Å². The number of aromatic nitrogens is 1. The van der Waals surface area contributed by atoms with Gasteiger partial charge in [-0.3, -0.25) is 4.79 Å². The molecular weight excluding hydrogens is 336 g/mol. The van der Waals surface area contributed by atoms with Gasteiger partial charge in [-0.15, -0.1) is 11.3 Å². The lowest BCUT2D eigenvalue weighted by Crippen LogP contribution is -2.27. The van der Waals surface area contributed by atoms with Crippen molar-refractivity contribution >= 4 is 60.7 Å². The number of nitrogens with zero attached hydrogens (tertiary/aromatic N) is 1. The van der Waals surface area contributed by atoms with Crippen LogP contribution < -0.4 is 5.32 Å². The van der Waals surface area contributed by atoms with Crippen LogP contribution in [0.3, 0.4) is 0 Å². The molecule has 0 spiro atoms. The van der Waals surface area contributed by atoms with Gasteiger partial charge in [-0.2, -0.15) is 0 Å². The van der Waals surface area contributed by atoms with Crippen LogP contribution in [0, 0.1) is 5.92 Å². The molecule has 18 heavy (non-hydrogen) atoms. The smallest absolute Gasteiger partial charge is 0.238 e. The Balaban J connectivity index is 2.34. The van der Waals surface area contributed by atoms with E-state index in [1.54, 1.807) is 11.6 Å². The van der Waals surface area contributed by atoms with E-state index in [1.807, 2.05) is 19.9 Å². The second-order valence-corrected chi connectivity index (χ2v) is 6.54. The Morgan fingerprint density at radius 1 is 1.50 bits per heavy atom. The number of carbonyl (C=O) groups excluding carboxylic acids is 1. The standard InChI is InChI=1S/C12H12BrClN2OS/c1-6(2)9(13)12(17)16-10-7(14)3-4-8-11(10)15-5-18-8/h3-6,9H,1-2H3,(H,16,17). The fourth-order valence-corrected chi connectivity index (χ4v) is 2.52. The lowest BCUT2D eigenvalue weighted by Gasteiger charge is -2.14. The van der Waals surface area contributed by atoms with Gasteiger partial charge in [0.1, 0.15) is 5.52 Å². The maximum Gasteiger partial charge on any atom is 0.238 e. The van der Waals surface area contributed by atoms with Crippen molar-refractivity contribution in [2.45, 2.75) is 18.7 Å². The maximum atomic E-state index is 12.0. The predicted octanol–water partition coefficient (Wildman–Crippen LogP) is 4.31. The van der Waals surface area contributed by atoms with E-state index in [0.717, 1.165) is 10.2 Å². The lowest BCUT2D eigenvalue weighted by molar-refractivity contribution is -0.116. The minimum Gasteiger partial charge on any atom is -0.322 e. The molecule has 0 fully saturated rings. The van der Waals surface area contributed by atoms with E-state index in [2.05, 4.69) is 26.2 Å². The summed E-state index contributed by atoms with van der Waals surface area (Å²) in [7, 11) is 0. The number of anilines is 1. The van der Waals surface area contributed by atoms with Gasteiger partial charge in [-0.05, 0) is 18.1 Å². The Morgan fingerprint density at radius 3 is 2.89 bits per heavy atom. The highest BCUT2D eigenvalue weighted by atomic mass is 79.9. The second-order valence-electron chi connectivity index (χ2n) is 4.26. The molecule has 96 valence electrons. The monoisotopic (exact) mass is 346 g/mol. The molecule has 2 aromatic rings. The van der Waals surface area contributed by atoms with Crippen LogP contribution in [0.1, 0.15) is 13.8 Å². The third-order valence-electron chi connectivity index (χ3n) is 2.54. The van der Waals surface area contributed by atoms with Crippen molar-refractivity contribution in [2.75, 3.05) is 5.32 Å². The third kappa shape index (κ3) is 2.68. The summed E-state index contributed by atoms with van der Waals surface area (Å²) in [6.07, 6.45) is 0. The number of hydrogen-bond donors (Lipinski definition) is 1. The highest BCUT2D eigenvalue weighted by Crippen LogP contribution is 2.32. The molecule has 0 aliphatic heterocycles. The molecule has 1 aromatic carbocycles. The Labute approximate surface area is 123 Å². The van der Waals surface area contributed by atoms with Crippen molar-refractivity contribution in [1.82, 2.24) is 4.98 Å². The molecule has 1 unspecified atom stereocenters. The van der Waals surface area contributed by atoms with Crippen LogP contribution in [0.15, 0.2) is 17.6 Å². The van der Waals surface area contributed by atoms with Crippen LogP contribution in [0.25, 0.3) is 10.2 Å². The maximum absolute atomic E-state index is 12.0. The van der Waals surface area contributed by atoms with Crippen molar-refractivity contribution < 1.29 is 4.79 Å². The summed E-state index contributed by atoms with van der Waals surface area (Å²) >= 11 is 11.0. The summed E-state index contributed by atoms with van der Waals surface area (Å²) < 4.78 is 1.00. The highest BCUT2D eigenvalue weighted by Gasteiger charge is 2.20. The first-order valence-corrected chi connectivity index (χ1v) is 7.64. The summed E-state index contributed by atoms with van der Waals surface area (Å²) in [4.78, 5) is 16.0. The summed E-state index contributed by atoms with van der Waals surface area (Å²) in [5.74, 6) is 0.103. The molecule has 6 heteroatoms. The van der Waals surface area contributed by atoms with E-state index in [0.29, 0.717) is 10.7 Å². The number of hydrogen-bond acceptors (Lipinski definition) is 3. The molecular formula is C12H12BrClN2OS. The van der Waals surface area contributed by atoms with Crippen molar-refractivity contribution in [1.29, 1.82) is 0 Å². The van der Waals surface area contributed by atoms with Crippen LogP contribution >= 0.6 is 38.9 Å². The fourth-order valence-electron chi connectivity index (χ4n) is 1.52. The van der Waals surface area contributed by atoms with Crippen LogP contribution in [-0.4, -0.2) is 15.7 Å². The van der Waals surface area contributed by atoms with Crippen LogP contribution in [0.2, 0.25) is 5.02 Å².